The summed E-state index contributed by atoms with van der Waals surface area (Å²) in [6.45, 7) is 2.07. The Kier molecular flexibility index (Phi) is 5.14. The fourth-order valence-corrected chi connectivity index (χ4v) is 2.59. The van der Waals surface area contributed by atoms with Gasteiger partial charge in [-0.25, -0.2) is 9.37 Å². The van der Waals surface area contributed by atoms with Crippen LogP contribution in [0.15, 0.2) is 52.9 Å². The van der Waals surface area contributed by atoms with Crippen molar-refractivity contribution in [1.29, 1.82) is 0 Å². The van der Waals surface area contributed by atoms with Crippen LogP contribution in [0.1, 0.15) is 17.0 Å². The zero-order chi connectivity index (χ0) is 17.8. The summed E-state index contributed by atoms with van der Waals surface area (Å²) in [6.07, 6.45) is 0.0785. The van der Waals surface area contributed by atoms with Crippen LogP contribution >= 0.6 is 11.6 Å². The van der Waals surface area contributed by atoms with E-state index in [2.05, 4.69) is 10.3 Å². The number of hydrogen-bond donors (Lipinski definition) is 1. The number of rotatable bonds is 5. The average molecular weight is 359 g/mol. The topological polar surface area (TPSA) is 55.1 Å². The van der Waals surface area contributed by atoms with Gasteiger partial charge in [0.25, 0.3) is 0 Å². The third-order valence-electron chi connectivity index (χ3n) is 3.73. The zero-order valence-electron chi connectivity index (χ0n) is 13.6. The Bertz CT molecular complexity index is 908. The van der Waals surface area contributed by atoms with Gasteiger partial charge in [0.2, 0.25) is 11.8 Å². The molecule has 0 bridgehead atoms. The lowest BCUT2D eigenvalue weighted by molar-refractivity contribution is -0.120. The maximum atomic E-state index is 13.3. The van der Waals surface area contributed by atoms with E-state index in [0.717, 1.165) is 5.56 Å². The zero-order valence-corrected chi connectivity index (χ0v) is 14.3. The molecule has 0 radical (unpaired) electrons. The summed E-state index contributed by atoms with van der Waals surface area (Å²) in [4.78, 5) is 16.5. The average Bonchev–Trinajstić information content (AvgIpc) is 2.95. The summed E-state index contributed by atoms with van der Waals surface area (Å²) in [5, 5.41) is 3.41. The fraction of sp³-hybridized carbons (Fsp3) is 0.158. The van der Waals surface area contributed by atoms with Gasteiger partial charge in [0.05, 0.1) is 12.1 Å². The molecule has 0 aliphatic heterocycles. The van der Waals surface area contributed by atoms with Crippen LogP contribution < -0.4 is 5.32 Å². The van der Waals surface area contributed by atoms with Crippen LogP contribution in [0.5, 0.6) is 0 Å². The molecule has 1 amide bonds. The summed E-state index contributed by atoms with van der Waals surface area (Å²) in [5.41, 5.74) is 1.90. The molecule has 0 aliphatic carbocycles. The van der Waals surface area contributed by atoms with Crippen molar-refractivity contribution in [2.75, 3.05) is 0 Å². The van der Waals surface area contributed by atoms with E-state index in [0.29, 0.717) is 34.5 Å². The molecule has 0 spiro atoms. The third-order valence-corrected chi connectivity index (χ3v) is 4.09. The van der Waals surface area contributed by atoms with Crippen LogP contribution in [0.3, 0.4) is 0 Å². The Morgan fingerprint density at radius 2 is 2.04 bits per heavy atom. The SMILES string of the molecule is Cc1oc(-c2cccc(F)c2)nc1CC(=O)NCc1ccccc1Cl. The van der Waals surface area contributed by atoms with Crippen LogP contribution in [0.25, 0.3) is 11.5 Å². The number of amides is 1. The van der Waals surface area contributed by atoms with Gasteiger partial charge in [-0.2, -0.15) is 0 Å². The number of carbonyl (C=O) groups excluding carboxylic acids is 1. The van der Waals surface area contributed by atoms with Gasteiger partial charge >= 0.3 is 0 Å². The van der Waals surface area contributed by atoms with Gasteiger partial charge in [-0.3, -0.25) is 4.79 Å². The molecule has 128 valence electrons. The van der Waals surface area contributed by atoms with Gasteiger partial charge in [0.15, 0.2) is 0 Å². The van der Waals surface area contributed by atoms with Crippen molar-refractivity contribution in [3.05, 3.63) is 76.4 Å². The monoisotopic (exact) mass is 358 g/mol. The number of aromatic nitrogens is 1. The normalized spacial score (nSPS) is 10.7. The largest absolute Gasteiger partial charge is 0.441 e. The summed E-state index contributed by atoms with van der Waals surface area (Å²) in [5.74, 6) is 0.271. The first-order chi connectivity index (χ1) is 12.0. The minimum absolute atomic E-state index is 0.0785. The highest BCUT2D eigenvalue weighted by molar-refractivity contribution is 6.31. The van der Waals surface area contributed by atoms with E-state index in [1.165, 1.54) is 12.1 Å². The molecule has 6 heteroatoms. The molecule has 4 nitrogen and oxygen atoms in total. The first-order valence-corrected chi connectivity index (χ1v) is 8.13. The van der Waals surface area contributed by atoms with Crippen LogP contribution in [-0.4, -0.2) is 10.9 Å². The molecule has 0 aliphatic rings. The van der Waals surface area contributed by atoms with Crippen molar-refractivity contribution < 1.29 is 13.6 Å². The Balaban J connectivity index is 1.67. The second-order valence-corrected chi connectivity index (χ2v) is 5.98. The molecular weight excluding hydrogens is 343 g/mol. The standard InChI is InChI=1S/C19H16ClFN2O2/c1-12-17(23-19(25-12)13-6-4-7-15(21)9-13)10-18(24)22-11-14-5-2-3-8-16(14)20/h2-9H,10-11H2,1H3,(H,22,24). The Morgan fingerprint density at radius 3 is 2.80 bits per heavy atom. The predicted molar refractivity (Wildman–Crippen MR) is 93.6 cm³/mol. The number of hydrogen-bond acceptors (Lipinski definition) is 3. The lowest BCUT2D eigenvalue weighted by Crippen LogP contribution is -2.25. The van der Waals surface area contributed by atoms with E-state index in [1.54, 1.807) is 25.1 Å². The van der Waals surface area contributed by atoms with Crippen molar-refractivity contribution in [3.8, 4) is 11.5 Å². The molecule has 0 atom stereocenters. The smallest absolute Gasteiger partial charge is 0.226 e. The van der Waals surface area contributed by atoms with E-state index >= 15 is 0 Å². The van der Waals surface area contributed by atoms with E-state index < -0.39 is 0 Å². The highest BCUT2D eigenvalue weighted by atomic mass is 35.5. The molecule has 0 saturated heterocycles. The van der Waals surface area contributed by atoms with Crippen LogP contribution in [0.4, 0.5) is 4.39 Å². The second kappa shape index (κ2) is 7.49. The number of benzene rings is 2. The summed E-state index contributed by atoms with van der Waals surface area (Å²) in [7, 11) is 0. The molecule has 0 unspecified atom stereocenters. The summed E-state index contributed by atoms with van der Waals surface area (Å²) >= 11 is 6.07. The molecule has 3 rings (SSSR count). The third kappa shape index (κ3) is 4.25. The molecule has 25 heavy (non-hydrogen) atoms. The quantitative estimate of drug-likeness (QED) is 0.739. The fourth-order valence-electron chi connectivity index (χ4n) is 2.39. The lowest BCUT2D eigenvalue weighted by atomic mass is 10.2. The van der Waals surface area contributed by atoms with E-state index in [4.69, 9.17) is 16.0 Å². The second-order valence-electron chi connectivity index (χ2n) is 5.58. The molecule has 2 aromatic carbocycles. The first-order valence-electron chi connectivity index (χ1n) is 7.75. The van der Waals surface area contributed by atoms with E-state index in [9.17, 15) is 9.18 Å². The first kappa shape index (κ1) is 17.2. The Hall–Kier alpha value is -2.66. The number of carbonyl (C=O) groups is 1. The van der Waals surface area contributed by atoms with Gasteiger partial charge < -0.3 is 9.73 Å². The summed E-state index contributed by atoms with van der Waals surface area (Å²) in [6, 6.07) is 13.3. The van der Waals surface area contributed by atoms with Gasteiger partial charge in [-0.1, -0.05) is 35.9 Å². The Labute approximate surface area is 149 Å². The number of nitrogens with zero attached hydrogens (tertiary/aromatic N) is 1. The van der Waals surface area contributed by atoms with Crippen LogP contribution in [0, 0.1) is 12.7 Å². The minimum Gasteiger partial charge on any atom is -0.441 e. The van der Waals surface area contributed by atoms with Crippen molar-refractivity contribution in [1.82, 2.24) is 10.3 Å². The maximum Gasteiger partial charge on any atom is 0.226 e. The lowest BCUT2D eigenvalue weighted by Gasteiger charge is -2.06. The van der Waals surface area contributed by atoms with Gasteiger partial charge in [0, 0.05) is 17.1 Å². The van der Waals surface area contributed by atoms with Crippen molar-refractivity contribution in [3.63, 3.8) is 0 Å². The van der Waals surface area contributed by atoms with E-state index in [-0.39, 0.29) is 18.1 Å². The van der Waals surface area contributed by atoms with Gasteiger partial charge in [-0.05, 0) is 36.8 Å². The molecule has 0 fully saturated rings. The highest BCUT2D eigenvalue weighted by Gasteiger charge is 2.15. The molecule has 0 saturated carbocycles. The number of halogens is 2. The molecule has 1 aromatic heterocycles. The Morgan fingerprint density at radius 1 is 1.24 bits per heavy atom. The van der Waals surface area contributed by atoms with Crippen molar-refractivity contribution in [2.45, 2.75) is 19.9 Å². The number of oxazole rings is 1. The molecule has 1 N–H and O–H groups in total. The van der Waals surface area contributed by atoms with E-state index in [1.807, 2.05) is 18.2 Å². The van der Waals surface area contributed by atoms with Gasteiger partial charge in [-0.15, -0.1) is 0 Å². The molecular formula is C19H16ClFN2O2. The maximum absolute atomic E-state index is 13.3. The molecule has 3 aromatic rings. The summed E-state index contributed by atoms with van der Waals surface area (Å²) < 4.78 is 18.9. The van der Waals surface area contributed by atoms with Crippen molar-refractivity contribution >= 4 is 17.5 Å². The molecule has 1 heterocycles. The van der Waals surface area contributed by atoms with Gasteiger partial charge in [0.1, 0.15) is 11.6 Å². The van der Waals surface area contributed by atoms with Crippen molar-refractivity contribution in [2.24, 2.45) is 0 Å². The van der Waals surface area contributed by atoms with Crippen LogP contribution in [0.2, 0.25) is 5.02 Å². The minimum atomic E-state index is -0.368. The predicted octanol–water partition coefficient (Wildman–Crippen LogP) is 4.30. The number of aryl methyl sites for hydroxylation is 1. The number of nitrogens with one attached hydrogen (secondary N) is 1. The van der Waals surface area contributed by atoms with Crippen LogP contribution in [-0.2, 0) is 17.8 Å². The highest BCUT2D eigenvalue weighted by Crippen LogP contribution is 2.22.